The van der Waals surface area contributed by atoms with Crippen LogP contribution in [0.3, 0.4) is 0 Å². The van der Waals surface area contributed by atoms with Gasteiger partial charge in [-0.25, -0.2) is 17.6 Å². The topological polar surface area (TPSA) is 12.0 Å². The molecule has 0 saturated heterocycles. The molecule has 1 aliphatic rings. The quantitative estimate of drug-likeness (QED) is 0.709. The minimum absolute atomic E-state index is 0.179. The maximum atomic E-state index is 14.1. The van der Waals surface area contributed by atoms with Crippen LogP contribution in [0.1, 0.15) is 52.4 Å². The molecule has 1 fully saturated rings. The highest BCUT2D eigenvalue weighted by atomic mass is 19.3. The largest absolute Gasteiger partial charge is 0.316 e. The van der Waals surface area contributed by atoms with E-state index in [0.717, 1.165) is 0 Å². The zero-order valence-electron chi connectivity index (χ0n) is 12.0. The molecular formula is C14H25F4N. The second kappa shape index (κ2) is 6.42. The summed E-state index contributed by atoms with van der Waals surface area (Å²) in [4.78, 5) is 0. The maximum absolute atomic E-state index is 14.1. The molecule has 1 aliphatic carbocycles. The van der Waals surface area contributed by atoms with Crippen LogP contribution in [-0.4, -0.2) is 24.9 Å². The lowest BCUT2D eigenvalue weighted by Gasteiger charge is -2.42. The van der Waals surface area contributed by atoms with Crippen molar-refractivity contribution in [3.8, 4) is 0 Å². The lowest BCUT2D eigenvalue weighted by Crippen LogP contribution is -2.50. The molecule has 1 saturated carbocycles. The van der Waals surface area contributed by atoms with Gasteiger partial charge in [0.1, 0.15) is 0 Å². The molecular weight excluding hydrogens is 258 g/mol. The molecule has 0 aliphatic heterocycles. The van der Waals surface area contributed by atoms with E-state index in [0.29, 0.717) is 12.8 Å². The number of alkyl halides is 4. The Morgan fingerprint density at radius 3 is 2.42 bits per heavy atom. The van der Waals surface area contributed by atoms with Gasteiger partial charge in [0.2, 0.25) is 5.92 Å². The SMILES string of the molecule is CCCC(C1CCC(F)(F)CC1NC)C(F)(F)CC. The van der Waals surface area contributed by atoms with Gasteiger partial charge < -0.3 is 5.32 Å². The molecule has 1 rings (SSSR count). The summed E-state index contributed by atoms with van der Waals surface area (Å²) < 4.78 is 55.0. The van der Waals surface area contributed by atoms with Crippen LogP contribution in [0.15, 0.2) is 0 Å². The monoisotopic (exact) mass is 283 g/mol. The number of halogens is 4. The first-order valence-electron chi connectivity index (χ1n) is 7.20. The van der Waals surface area contributed by atoms with Gasteiger partial charge in [0.15, 0.2) is 0 Å². The number of hydrogen-bond acceptors (Lipinski definition) is 1. The zero-order valence-corrected chi connectivity index (χ0v) is 12.0. The van der Waals surface area contributed by atoms with E-state index in [1.165, 1.54) is 6.92 Å². The van der Waals surface area contributed by atoms with Crippen LogP contribution in [0, 0.1) is 11.8 Å². The molecule has 0 bridgehead atoms. The van der Waals surface area contributed by atoms with E-state index in [1.54, 1.807) is 7.05 Å². The predicted octanol–water partition coefficient (Wildman–Crippen LogP) is 4.47. The Kier molecular flexibility index (Phi) is 5.65. The van der Waals surface area contributed by atoms with Crippen molar-refractivity contribution in [3.05, 3.63) is 0 Å². The average molecular weight is 283 g/mol. The van der Waals surface area contributed by atoms with Gasteiger partial charge in [-0.05, 0) is 25.8 Å². The molecule has 3 atom stereocenters. The third-order valence-electron chi connectivity index (χ3n) is 4.38. The van der Waals surface area contributed by atoms with Crippen molar-refractivity contribution in [1.29, 1.82) is 0 Å². The van der Waals surface area contributed by atoms with Gasteiger partial charge in [0.05, 0.1) is 0 Å². The molecule has 1 N–H and O–H groups in total. The maximum Gasteiger partial charge on any atom is 0.251 e. The second-order valence-corrected chi connectivity index (χ2v) is 5.67. The van der Waals surface area contributed by atoms with E-state index in [4.69, 9.17) is 0 Å². The Balaban J connectivity index is 2.89. The summed E-state index contributed by atoms with van der Waals surface area (Å²) >= 11 is 0. The number of hydrogen-bond donors (Lipinski definition) is 1. The Morgan fingerprint density at radius 1 is 1.32 bits per heavy atom. The Hall–Kier alpha value is -0.320. The third-order valence-corrected chi connectivity index (χ3v) is 4.38. The van der Waals surface area contributed by atoms with Crippen LogP contribution in [0.25, 0.3) is 0 Å². The first-order chi connectivity index (χ1) is 8.77. The highest BCUT2D eigenvalue weighted by molar-refractivity contribution is 4.94. The first kappa shape index (κ1) is 16.7. The summed E-state index contributed by atoms with van der Waals surface area (Å²) in [5, 5.41) is 2.83. The Morgan fingerprint density at radius 2 is 1.95 bits per heavy atom. The molecule has 3 unspecified atom stereocenters. The van der Waals surface area contributed by atoms with Crippen LogP contribution < -0.4 is 5.32 Å². The fourth-order valence-electron chi connectivity index (χ4n) is 3.26. The summed E-state index contributed by atoms with van der Waals surface area (Å²) in [5.74, 6) is -6.64. The molecule has 0 heterocycles. The van der Waals surface area contributed by atoms with Gasteiger partial charge in [-0.2, -0.15) is 0 Å². The minimum Gasteiger partial charge on any atom is -0.316 e. The van der Waals surface area contributed by atoms with Gasteiger partial charge in [-0.3, -0.25) is 0 Å². The van der Waals surface area contributed by atoms with E-state index in [2.05, 4.69) is 5.32 Å². The fraction of sp³-hybridized carbons (Fsp3) is 1.00. The van der Waals surface area contributed by atoms with E-state index >= 15 is 0 Å². The van der Waals surface area contributed by atoms with Gasteiger partial charge in [-0.1, -0.05) is 20.3 Å². The normalized spacial score (nSPS) is 29.2. The Labute approximate surface area is 113 Å². The van der Waals surface area contributed by atoms with Crippen LogP contribution in [-0.2, 0) is 0 Å². The van der Waals surface area contributed by atoms with Crippen molar-refractivity contribution < 1.29 is 17.6 Å². The lowest BCUT2D eigenvalue weighted by atomic mass is 9.70. The predicted molar refractivity (Wildman–Crippen MR) is 68.8 cm³/mol. The summed E-state index contributed by atoms with van der Waals surface area (Å²) in [6.07, 6.45) is 0.419. The van der Waals surface area contributed by atoms with Crippen molar-refractivity contribution in [2.45, 2.75) is 70.3 Å². The highest BCUT2D eigenvalue weighted by Gasteiger charge is 2.49. The van der Waals surface area contributed by atoms with Gasteiger partial charge in [0.25, 0.3) is 5.92 Å². The van der Waals surface area contributed by atoms with E-state index in [9.17, 15) is 17.6 Å². The molecule has 0 spiro atoms. The zero-order chi connectivity index (χ0) is 14.7. The van der Waals surface area contributed by atoms with Crippen molar-refractivity contribution in [1.82, 2.24) is 5.32 Å². The highest BCUT2D eigenvalue weighted by Crippen LogP contribution is 2.46. The number of rotatable bonds is 6. The van der Waals surface area contributed by atoms with Crippen molar-refractivity contribution >= 4 is 0 Å². The summed E-state index contributed by atoms with van der Waals surface area (Å²) in [5.41, 5.74) is 0. The smallest absolute Gasteiger partial charge is 0.251 e. The molecule has 5 heteroatoms. The van der Waals surface area contributed by atoms with Crippen molar-refractivity contribution in [2.24, 2.45) is 11.8 Å². The van der Waals surface area contributed by atoms with Crippen molar-refractivity contribution in [3.63, 3.8) is 0 Å². The average Bonchev–Trinajstić information content (AvgIpc) is 2.35. The van der Waals surface area contributed by atoms with Crippen LogP contribution in [0.4, 0.5) is 17.6 Å². The van der Waals surface area contributed by atoms with Crippen LogP contribution in [0.5, 0.6) is 0 Å². The molecule has 0 aromatic heterocycles. The first-order valence-corrected chi connectivity index (χ1v) is 7.20. The van der Waals surface area contributed by atoms with E-state index in [-0.39, 0.29) is 31.6 Å². The van der Waals surface area contributed by atoms with Crippen LogP contribution in [0.2, 0.25) is 0 Å². The van der Waals surface area contributed by atoms with E-state index in [1.807, 2.05) is 6.92 Å². The molecule has 19 heavy (non-hydrogen) atoms. The fourth-order valence-corrected chi connectivity index (χ4v) is 3.26. The Bertz CT molecular complexity index is 281. The third kappa shape index (κ3) is 4.07. The molecule has 114 valence electrons. The lowest BCUT2D eigenvalue weighted by molar-refractivity contribution is -0.123. The summed E-state index contributed by atoms with van der Waals surface area (Å²) in [6.45, 7) is 3.33. The molecule has 0 amide bonds. The second-order valence-electron chi connectivity index (χ2n) is 5.67. The van der Waals surface area contributed by atoms with Gasteiger partial charge in [-0.15, -0.1) is 0 Å². The summed E-state index contributed by atoms with van der Waals surface area (Å²) in [6, 6.07) is -0.516. The van der Waals surface area contributed by atoms with E-state index < -0.39 is 23.8 Å². The van der Waals surface area contributed by atoms with Gasteiger partial charge in [0, 0.05) is 31.2 Å². The van der Waals surface area contributed by atoms with Gasteiger partial charge >= 0.3 is 0 Å². The molecule has 1 nitrogen and oxygen atoms in total. The molecule has 0 aromatic rings. The standard InChI is InChI=1S/C14H25F4N/c1-4-6-11(14(17,18)5-2)10-7-8-13(15,16)9-12(10)19-3/h10-12,19H,4-9H2,1-3H3. The van der Waals surface area contributed by atoms with Crippen LogP contribution >= 0.6 is 0 Å². The molecule has 0 radical (unpaired) electrons. The number of nitrogens with one attached hydrogen (secondary N) is 1. The van der Waals surface area contributed by atoms with Crippen molar-refractivity contribution in [2.75, 3.05) is 7.05 Å². The molecule has 0 aromatic carbocycles. The summed E-state index contributed by atoms with van der Waals surface area (Å²) in [7, 11) is 1.59. The minimum atomic E-state index is -2.76.